The van der Waals surface area contributed by atoms with Gasteiger partial charge in [0.15, 0.2) is 11.4 Å². The maximum absolute atomic E-state index is 11.8. The van der Waals surface area contributed by atoms with Crippen LogP contribution in [0.1, 0.15) is 22.5 Å². The predicted octanol–water partition coefficient (Wildman–Crippen LogP) is 0.784. The van der Waals surface area contributed by atoms with E-state index in [4.69, 9.17) is 0 Å². The van der Waals surface area contributed by atoms with Gasteiger partial charge in [-0.25, -0.2) is 9.50 Å². The van der Waals surface area contributed by atoms with Crippen LogP contribution in [0.2, 0.25) is 0 Å². The van der Waals surface area contributed by atoms with Crippen molar-refractivity contribution in [3.63, 3.8) is 0 Å². The molecule has 2 aromatic rings. The first kappa shape index (κ1) is 11.3. The van der Waals surface area contributed by atoms with Gasteiger partial charge in [0, 0.05) is 12.3 Å². The van der Waals surface area contributed by atoms with E-state index in [1.807, 2.05) is 0 Å². The number of fused-ring (bicyclic) bond motifs is 1. The molecule has 17 heavy (non-hydrogen) atoms. The van der Waals surface area contributed by atoms with Gasteiger partial charge in [-0.1, -0.05) is 0 Å². The second-order valence-electron chi connectivity index (χ2n) is 3.53. The van der Waals surface area contributed by atoms with Gasteiger partial charge in [0.1, 0.15) is 6.42 Å². The molecule has 0 saturated carbocycles. The maximum Gasteiger partial charge on any atom is 0.313 e. The van der Waals surface area contributed by atoms with E-state index in [1.54, 1.807) is 23.7 Å². The molecule has 0 unspecified atom stereocenters. The predicted molar refractivity (Wildman–Crippen MR) is 58.7 cm³/mol. The average molecular weight is 233 g/mol. The number of aromatic nitrogens is 3. The van der Waals surface area contributed by atoms with Crippen molar-refractivity contribution < 1.29 is 14.3 Å². The van der Waals surface area contributed by atoms with E-state index in [0.29, 0.717) is 16.9 Å². The Morgan fingerprint density at radius 2 is 2.24 bits per heavy atom. The van der Waals surface area contributed by atoms with Gasteiger partial charge >= 0.3 is 5.97 Å². The van der Waals surface area contributed by atoms with Crippen molar-refractivity contribution in [3.8, 4) is 0 Å². The molecule has 0 fully saturated rings. The minimum atomic E-state index is -0.560. The minimum Gasteiger partial charge on any atom is -0.469 e. The molecule has 0 aliphatic carbocycles. The number of Topliss-reactive ketones (excluding diaryl/α,β-unsaturated/α-hetero) is 1. The largest absolute Gasteiger partial charge is 0.469 e. The van der Waals surface area contributed by atoms with Crippen LogP contribution in [0.4, 0.5) is 0 Å². The van der Waals surface area contributed by atoms with Crippen LogP contribution in [0.15, 0.2) is 18.5 Å². The molecule has 0 atom stereocenters. The van der Waals surface area contributed by atoms with Crippen molar-refractivity contribution in [1.82, 2.24) is 14.6 Å². The molecule has 88 valence electrons. The molecule has 0 bridgehead atoms. The number of methoxy groups -OCH3 is 1. The molecule has 0 radical (unpaired) electrons. The molecule has 2 heterocycles. The molecule has 6 nitrogen and oxygen atoms in total. The zero-order valence-corrected chi connectivity index (χ0v) is 9.51. The Morgan fingerprint density at radius 3 is 2.94 bits per heavy atom. The minimum absolute atomic E-state index is 0.286. The van der Waals surface area contributed by atoms with Crippen LogP contribution in [-0.2, 0) is 9.53 Å². The van der Waals surface area contributed by atoms with Crippen LogP contribution in [0.5, 0.6) is 0 Å². The molecule has 2 rings (SSSR count). The third kappa shape index (κ3) is 2.01. The second kappa shape index (κ2) is 4.32. The number of aryl methyl sites for hydroxylation is 1. The lowest BCUT2D eigenvalue weighted by atomic mass is 10.1. The Kier molecular flexibility index (Phi) is 2.86. The highest BCUT2D eigenvalue weighted by Gasteiger charge is 2.16. The van der Waals surface area contributed by atoms with Gasteiger partial charge in [-0.05, 0) is 6.92 Å². The lowest BCUT2D eigenvalue weighted by molar-refractivity contribution is -0.139. The van der Waals surface area contributed by atoms with E-state index >= 15 is 0 Å². The van der Waals surface area contributed by atoms with Crippen molar-refractivity contribution in [2.45, 2.75) is 13.3 Å². The quantitative estimate of drug-likeness (QED) is 0.445. The van der Waals surface area contributed by atoms with Crippen molar-refractivity contribution in [2.24, 2.45) is 0 Å². The van der Waals surface area contributed by atoms with Gasteiger partial charge in [-0.3, -0.25) is 9.59 Å². The first-order valence-corrected chi connectivity index (χ1v) is 5.03. The smallest absolute Gasteiger partial charge is 0.313 e. The number of esters is 1. The number of hydrogen-bond acceptors (Lipinski definition) is 5. The van der Waals surface area contributed by atoms with E-state index in [0.717, 1.165) is 0 Å². The van der Waals surface area contributed by atoms with Crippen LogP contribution in [-0.4, -0.2) is 33.5 Å². The molecule has 6 heteroatoms. The molecule has 0 aliphatic rings. The number of nitrogens with zero attached hydrogens (tertiary/aromatic N) is 3. The summed E-state index contributed by atoms with van der Waals surface area (Å²) in [5, 5.41) is 4.05. The van der Waals surface area contributed by atoms with Gasteiger partial charge in [-0.2, -0.15) is 5.10 Å². The first-order valence-electron chi connectivity index (χ1n) is 5.03. The molecule has 0 aliphatic heterocycles. The fourth-order valence-electron chi connectivity index (χ4n) is 1.56. The van der Waals surface area contributed by atoms with Gasteiger partial charge in [0.2, 0.25) is 0 Å². The molecule has 2 aromatic heterocycles. The number of carbonyl (C=O) groups excluding carboxylic acids is 2. The summed E-state index contributed by atoms with van der Waals surface area (Å²) in [7, 11) is 1.25. The normalized spacial score (nSPS) is 10.5. The summed E-state index contributed by atoms with van der Waals surface area (Å²) in [5.74, 6) is -0.880. The lowest BCUT2D eigenvalue weighted by Gasteiger charge is -2.05. The fourth-order valence-corrected chi connectivity index (χ4v) is 1.56. The van der Waals surface area contributed by atoms with E-state index in [9.17, 15) is 9.59 Å². The lowest BCUT2D eigenvalue weighted by Crippen LogP contribution is -2.13. The van der Waals surface area contributed by atoms with Crippen LogP contribution in [0, 0.1) is 6.92 Å². The summed E-state index contributed by atoms with van der Waals surface area (Å²) in [6, 6.07) is 1.74. The summed E-state index contributed by atoms with van der Waals surface area (Å²) in [4.78, 5) is 26.9. The van der Waals surface area contributed by atoms with Crippen molar-refractivity contribution in [3.05, 3.63) is 29.7 Å². The highest BCUT2D eigenvalue weighted by atomic mass is 16.5. The molecule has 0 N–H and O–H groups in total. The van der Waals surface area contributed by atoms with Crippen molar-refractivity contribution in [1.29, 1.82) is 0 Å². The Balaban J connectivity index is 2.38. The Hall–Kier alpha value is -2.24. The fraction of sp³-hybridized carbons (Fsp3) is 0.273. The standard InChI is InChI=1S/C11H11N3O3/c1-7-8(9(15)5-11(16)17-2)6-12-10-3-4-13-14(7)10/h3-4,6H,5H2,1-2H3. The number of rotatable bonds is 3. The van der Waals surface area contributed by atoms with E-state index < -0.39 is 5.97 Å². The second-order valence-corrected chi connectivity index (χ2v) is 3.53. The van der Waals surface area contributed by atoms with Crippen LogP contribution >= 0.6 is 0 Å². The number of ketones is 1. The maximum atomic E-state index is 11.8. The van der Waals surface area contributed by atoms with E-state index in [1.165, 1.54) is 13.3 Å². The first-order chi connectivity index (χ1) is 8.13. The average Bonchev–Trinajstić information content (AvgIpc) is 2.78. The zero-order valence-electron chi connectivity index (χ0n) is 9.51. The van der Waals surface area contributed by atoms with Crippen LogP contribution in [0.25, 0.3) is 5.65 Å². The van der Waals surface area contributed by atoms with Gasteiger partial charge in [0.05, 0.1) is 24.6 Å². The Labute approximate surface area is 97.2 Å². The van der Waals surface area contributed by atoms with Crippen molar-refractivity contribution in [2.75, 3.05) is 7.11 Å². The summed E-state index contributed by atoms with van der Waals surface area (Å²) in [5.41, 5.74) is 1.71. The highest BCUT2D eigenvalue weighted by Crippen LogP contribution is 2.11. The van der Waals surface area contributed by atoms with E-state index in [-0.39, 0.29) is 12.2 Å². The summed E-state index contributed by atoms with van der Waals surface area (Å²) in [6.07, 6.45) is 2.77. The van der Waals surface area contributed by atoms with Gasteiger partial charge < -0.3 is 4.74 Å². The topological polar surface area (TPSA) is 73.6 Å². The van der Waals surface area contributed by atoms with Crippen LogP contribution < -0.4 is 0 Å². The Morgan fingerprint density at radius 1 is 1.47 bits per heavy atom. The zero-order chi connectivity index (χ0) is 12.4. The monoisotopic (exact) mass is 233 g/mol. The molecule has 0 amide bonds. The van der Waals surface area contributed by atoms with Crippen molar-refractivity contribution >= 4 is 17.4 Å². The summed E-state index contributed by atoms with van der Waals surface area (Å²) in [6.45, 7) is 1.76. The Bertz CT molecular complexity index is 589. The molecule has 0 saturated heterocycles. The third-order valence-corrected chi connectivity index (χ3v) is 2.49. The van der Waals surface area contributed by atoms with E-state index in [2.05, 4.69) is 14.8 Å². The third-order valence-electron chi connectivity index (χ3n) is 2.49. The van der Waals surface area contributed by atoms with Gasteiger partial charge in [-0.15, -0.1) is 0 Å². The number of hydrogen-bond donors (Lipinski definition) is 0. The number of carbonyl (C=O) groups is 2. The summed E-state index contributed by atoms with van der Waals surface area (Å²) >= 11 is 0. The molecule has 0 spiro atoms. The summed E-state index contributed by atoms with van der Waals surface area (Å²) < 4.78 is 6.01. The van der Waals surface area contributed by atoms with Gasteiger partial charge in [0.25, 0.3) is 0 Å². The molecule has 0 aromatic carbocycles. The molecular weight excluding hydrogens is 222 g/mol. The SMILES string of the molecule is COC(=O)CC(=O)c1cnc2ccnn2c1C. The molecular formula is C11H11N3O3. The number of ether oxygens (including phenoxy) is 1. The highest BCUT2D eigenvalue weighted by molar-refractivity contribution is 6.06. The van der Waals surface area contributed by atoms with Crippen LogP contribution in [0.3, 0.4) is 0 Å².